The summed E-state index contributed by atoms with van der Waals surface area (Å²) in [6, 6.07) is 9.07. The molecular formula is C14H13Cl2NO4S. The quantitative estimate of drug-likeness (QED) is 0.879. The van der Waals surface area contributed by atoms with Crippen molar-refractivity contribution in [3.05, 3.63) is 46.4 Å². The van der Waals surface area contributed by atoms with E-state index in [1.54, 1.807) is 6.07 Å². The first kappa shape index (κ1) is 16.7. The van der Waals surface area contributed by atoms with E-state index in [2.05, 4.69) is 4.72 Å². The summed E-state index contributed by atoms with van der Waals surface area (Å²) in [6.07, 6.45) is 0. The number of nitrogens with one attached hydrogen (secondary N) is 1. The zero-order chi connectivity index (χ0) is 16.3. The summed E-state index contributed by atoms with van der Waals surface area (Å²) in [5.41, 5.74) is 0.115. The lowest BCUT2D eigenvalue weighted by molar-refractivity contribution is 0.386. The Morgan fingerprint density at radius 3 is 2.18 bits per heavy atom. The first-order valence-corrected chi connectivity index (χ1v) is 8.32. The van der Waals surface area contributed by atoms with Gasteiger partial charge < -0.3 is 9.47 Å². The summed E-state index contributed by atoms with van der Waals surface area (Å²) in [5.74, 6) is 0.626. The number of ether oxygens (including phenoxy) is 2. The van der Waals surface area contributed by atoms with Crippen molar-refractivity contribution in [2.24, 2.45) is 0 Å². The predicted molar refractivity (Wildman–Crippen MR) is 86.8 cm³/mol. The molecule has 22 heavy (non-hydrogen) atoms. The van der Waals surface area contributed by atoms with Crippen LogP contribution in [-0.2, 0) is 10.0 Å². The van der Waals surface area contributed by atoms with Gasteiger partial charge in [-0.2, -0.15) is 0 Å². The van der Waals surface area contributed by atoms with Crippen LogP contribution in [0, 0.1) is 0 Å². The van der Waals surface area contributed by atoms with Crippen LogP contribution in [-0.4, -0.2) is 22.6 Å². The number of anilines is 1. The lowest BCUT2D eigenvalue weighted by Crippen LogP contribution is -2.14. The van der Waals surface area contributed by atoms with Gasteiger partial charge in [0, 0.05) is 6.07 Å². The molecule has 0 atom stereocenters. The molecule has 0 saturated carbocycles. The molecule has 0 amide bonds. The van der Waals surface area contributed by atoms with Crippen molar-refractivity contribution < 1.29 is 17.9 Å². The highest BCUT2D eigenvalue weighted by Gasteiger charge is 2.22. The number of benzene rings is 2. The Labute approximate surface area is 138 Å². The summed E-state index contributed by atoms with van der Waals surface area (Å²) >= 11 is 12.0. The van der Waals surface area contributed by atoms with Crippen LogP contribution in [0.25, 0.3) is 0 Å². The number of methoxy groups -OCH3 is 2. The second kappa shape index (κ2) is 6.64. The standard InChI is InChI=1S/C14H13Cl2NO4S/c1-20-9-6-7-13(12(8-9)21-2)22(18,19)17-14-10(15)4-3-5-11(14)16/h3-8,17H,1-2H3. The van der Waals surface area contributed by atoms with Crippen molar-refractivity contribution in [3.63, 3.8) is 0 Å². The molecule has 0 aliphatic heterocycles. The van der Waals surface area contributed by atoms with E-state index in [0.29, 0.717) is 5.75 Å². The fraction of sp³-hybridized carbons (Fsp3) is 0.143. The predicted octanol–water partition coefficient (Wildman–Crippen LogP) is 3.81. The maximum absolute atomic E-state index is 12.5. The summed E-state index contributed by atoms with van der Waals surface area (Å²) in [4.78, 5) is -0.0493. The highest BCUT2D eigenvalue weighted by molar-refractivity contribution is 7.92. The van der Waals surface area contributed by atoms with Crippen molar-refractivity contribution in [2.45, 2.75) is 4.90 Å². The van der Waals surface area contributed by atoms with Crippen LogP contribution in [0.2, 0.25) is 10.0 Å². The maximum atomic E-state index is 12.5. The first-order valence-electron chi connectivity index (χ1n) is 6.08. The van der Waals surface area contributed by atoms with E-state index in [4.69, 9.17) is 32.7 Å². The molecule has 0 aliphatic rings. The Kier molecular flexibility index (Phi) is 5.05. The van der Waals surface area contributed by atoms with Gasteiger partial charge in [0.1, 0.15) is 16.4 Å². The minimum Gasteiger partial charge on any atom is -0.497 e. The Morgan fingerprint density at radius 1 is 1.00 bits per heavy atom. The van der Waals surface area contributed by atoms with Gasteiger partial charge in [0.05, 0.1) is 30.0 Å². The highest BCUT2D eigenvalue weighted by atomic mass is 35.5. The molecule has 0 spiro atoms. The third-order valence-corrected chi connectivity index (χ3v) is 4.88. The molecule has 0 radical (unpaired) electrons. The molecule has 0 saturated heterocycles. The van der Waals surface area contributed by atoms with Crippen molar-refractivity contribution in [1.29, 1.82) is 0 Å². The summed E-state index contributed by atoms with van der Waals surface area (Å²) in [7, 11) is -1.08. The van der Waals surface area contributed by atoms with Crippen LogP contribution in [0.1, 0.15) is 0 Å². The van der Waals surface area contributed by atoms with Gasteiger partial charge in [0.25, 0.3) is 10.0 Å². The third-order valence-electron chi connectivity index (χ3n) is 2.86. The fourth-order valence-corrected chi connectivity index (χ4v) is 3.64. The average Bonchev–Trinajstić information content (AvgIpc) is 2.50. The summed E-state index contributed by atoms with van der Waals surface area (Å²) in [6.45, 7) is 0. The molecule has 0 bridgehead atoms. The van der Waals surface area contributed by atoms with E-state index in [0.717, 1.165) is 0 Å². The van der Waals surface area contributed by atoms with Crippen molar-refractivity contribution >= 4 is 38.9 Å². The number of rotatable bonds is 5. The Balaban J connectivity index is 2.47. The van der Waals surface area contributed by atoms with Crippen LogP contribution >= 0.6 is 23.2 Å². The number of sulfonamides is 1. The molecule has 0 aliphatic carbocycles. The minimum absolute atomic E-state index is 0.0493. The number of hydrogen-bond donors (Lipinski definition) is 1. The van der Waals surface area contributed by atoms with Gasteiger partial charge >= 0.3 is 0 Å². The normalized spacial score (nSPS) is 11.1. The highest BCUT2D eigenvalue weighted by Crippen LogP contribution is 2.34. The van der Waals surface area contributed by atoms with Gasteiger partial charge in [0.2, 0.25) is 0 Å². The maximum Gasteiger partial charge on any atom is 0.265 e. The smallest absolute Gasteiger partial charge is 0.265 e. The molecule has 0 unspecified atom stereocenters. The van der Waals surface area contributed by atoms with E-state index in [1.165, 1.54) is 44.6 Å². The second-order valence-corrected chi connectivity index (χ2v) is 6.68. The Morgan fingerprint density at radius 2 is 1.64 bits per heavy atom. The molecule has 8 heteroatoms. The van der Waals surface area contributed by atoms with E-state index in [1.807, 2.05) is 0 Å². The van der Waals surface area contributed by atoms with Crippen LogP contribution in [0.4, 0.5) is 5.69 Å². The van der Waals surface area contributed by atoms with E-state index in [9.17, 15) is 8.42 Å². The number of hydrogen-bond acceptors (Lipinski definition) is 4. The largest absolute Gasteiger partial charge is 0.497 e. The lowest BCUT2D eigenvalue weighted by atomic mass is 10.3. The molecule has 0 fully saturated rings. The van der Waals surface area contributed by atoms with Crippen LogP contribution in [0.15, 0.2) is 41.3 Å². The van der Waals surface area contributed by atoms with Gasteiger partial charge in [-0.05, 0) is 24.3 Å². The van der Waals surface area contributed by atoms with Crippen molar-refractivity contribution in [2.75, 3.05) is 18.9 Å². The van der Waals surface area contributed by atoms with Crippen molar-refractivity contribution in [3.8, 4) is 11.5 Å². The molecular weight excluding hydrogens is 349 g/mol. The molecule has 2 rings (SSSR count). The molecule has 1 N–H and O–H groups in total. The molecule has 118 valence electrons. The number of para-hydroxylation sites is 1. The molecule has 0 heterocycles. The lowest BCUT2D eigenvalue weighted by Gasteiger charge is -2.14. The Hall–Kier alpha value is -1.63. The summed E-state index contributed by atoms with van der Waals surface area (Å²) < 4.78 is 37.6. The fourth-order valence-electron chi connectivity index (χ4n) is 1.78. The van der Waals surface area contributed by atoms with Crippen molar-refractivity contribution in [1.82, 2.24) is 0 Å². The van der Waals surface area contributed by atoms with Crippen LogP contribution in [0.3, 0.4) is 0 Å². The zero-order valence-corrected chi connectivity index (χ0v) is 14.1. The Bertz CT molecular complexity index is 773. The topological polar surface area (TPSA) is 64.6 Å². The van der Waals surface area contributed by atoms with Gasteiger partial charge in [-0.3, -0.25) is 4.72 Å². The van der Waals surface area contributed by atoms with Crippen LogP contribution < -0.4 is 14.2 Å². The third kappa shape index (κ3) is 3.40. The zero-order valence-electron chi connectivity index (χ0n) is 11.8. The van der Waals surface area contributed by atoms with E-state index in [-0.39, 0.29) is 26.4 Å². The first-order chi connectivity index (χ1) is 10.4. The molecule has 0 aromatic heterocycles. The van der Waals surface area contributed by atoms with Gasteiger partial charge in [0.15, 0.2) is 0 Å². The average molecular weight is 362 g/mol. The van der Waals surface area contributed by atoms with Crippen LogP contribution in [0.5, 0.6) is 11.5 Å². The SMILES string of the molecule is COc1ccc(S(=O)(=O)Nc2c(Cl)cccc2Cl)c(OC)c1. The van der Waals surface area contributed by atoms with Gasteiger partial charge in [-0.15, -0.1) is 0 Å². The molecule has 2 aromatic carbocycles. The minimum atomic E-state index is -3.93. The van der Waals surface area contributed by atoms with E-state index >= 15 is 0 Å². The van der Waals surface area contributed by atoms with Gasteiger partial charge in [-0.25, -0.2) is 8.42 Å². The monoisotopic (exact) mass is 361 g/mol. The van der Waals surface area contributed by atoms with Gasteiger partial charge in [-0.1, -0.05) is 29.3 Å². The number of halogens is 2. The second-order valence-electron chi connectivity index (χ2n) is 4.22. The molecule has 5 nitrogen and oxygen atoms in total. The van der Waals surface area contributed by atoms with E-state index < -0.39 is 10.0 Å². The molecule has 2 aromatic rings. The summed E-state index contributed by atoms with van der Waals surface area (Å²) in [5, 5.41) is 0.395.